The second-order valence-electron chi connectivity index (χ2n) is 10.0. The quantitative estimate of drug-likeness (QED) is 0.119. The van der Waals surface area contributed by atoms with Gasteiger partial charge in [0.1, 0.15) is 12.3 Å². The van der Waals surface area contributed by atoms with E-state index < -0.39 is 18.5 Å². The molecule has 0 aliphatic heterocycles. The summed E-state index contributed by atoms with van der Waals surface area (Å²) >= 11 is 0. The third kappa shape index (κ3) is 8.22. The fourth-order valence-electron chi connectivity index (χ4n) is 4.76. The number of carbonyl (C=O) groups is 2. The number of nitrogens with zero attached hydrogens (tertiary/aromatic N) is 4. The SMILES string of the molecule is COc1ccccc1NC(=O)Nc1nc(Nc2ccccc2-c2ccccc2)nc(N(CC(=O)O)Cc2ccc(OC)c(OC)c2)n1. The zero-order valence-electron chi connectivity index (χ0n) is 25.9. The molecule has 2 amide bonds. The number of carboxylic acid groups (broad SMARTS) is 1. The van der Waals surface area contributed by atoms with E-state index in [2.05, 4.69) is 30.9 Å². The molecule has 4 aromatic carbocycles. The maximum absolute atomic E-state index is 13.1. The van der Waals surface area contributed by atoms with Crippen LogP contribution in [0.4, 0.5) is 34.0 Å². The lowest BCUT2D eigenvalue weighted by molar-refractivity contribution is -0.135. The van der Waals surface area contributed by atoms with Crippen LogP contribution in [0.1, 0.15) is 5.56 Å². The minimum absolute atomic E-state index is 0.00414. The highest BCUT2D eigenvalue weighted by molar-refractivity contribution is 5.99. The van der Waals surface area contributed by atoms with E-state index in [1.807, 2.05) is 54.6 Å². The van der Waals surface area contributed by atoms with Crippen molar-refractivity contribution in [3.05, 3.63) is 103 Å². The van der Waals surface area contributed by atoms with E-state index in [1.165, 1.54) is 26.2 Å². The van der Waals surface area contributed by atoms with Crippen LogP contribution in [0.2, 0.25) is 0 Å². The number of aromatic nitrogens is 3. The standard InChI is InChI=1S/C34H33N7O6/c1-45-27-16-10-9-15-26(27)36-34(44)40-32-37-31(35-25-14-8-7-13-24(25)23-11-5-4-6-12-23)38-33(39-32)41(21-30(42)43)20-22-17-18-28(46-2)29(19-22)47-3/h4-19H,20-21H2,1-3H3,(H,42,43)(H3,35,36,37,38,39,40,44). The number of carbonyl (C=O) groups excluding carboxylic acids is 1. The summed E-state index contributed by atoms with van der Waals surface area (Å²) in [6, 6.07) is 28.9. The van der Waals surface area contributed by atoms with Crippen molar-refractivity contribution < 1.29 is 28.9 Å². The molecule has 0 radical (unpaired) electrons. The van der Waals surface area contributed by atoms with Crippen molar-refractivity contribution in [3.63, 3.8) is 0 Å². The molecule has 0 aliphatic rings. The Balaban J connectivity index is 1.53. The van der Waals surface area contributed by atoms with Crippen molar-refractivity contribution in [2.24, 2.45) is 0 Å². The third-order valence-electron chi connectivity index (χ3n) is 6.89. The van der Waals surface area contributed by atoms with Crippen molar-refractivity contribution in [3.8, 4) is 28.4 Å². The molecular formula is C34H33N7O6. The molecule has 5 rings (SSSR count). The number of aliphatic carboxylic acids is 1. The number of methoxy groups -OCH3 is 3. The van der Waals surface area contributed by atoms with Gasteiger partial charge in [-0.1, -0.05) is 66.7 Å². The lowest BCUT2D eigenvalue weighted by Gasteiger charge is -2.22. The van der Waals surface area contributed by atoms with Gasteiger partial charge in [-0.2, -0.15) is 15.0 Å². The van der Waals surface area contributed by atoms with Crippen molar-refractivity contribution in [1.29, 1.82) is 0 Å². The largest absolute Gasteiger partial charge is 0.495 e. The monoisotopic (exact) mass is 635 g/mol. The Bertz CT molecular complexity index is 1850. The van der Waals surface area contributed by atoms with Crippen molar-refractivity contribution in [2.75, 3.05) is 48.7 Å². The second kappa shape index (κ2) is 15.1. The summed E-state index contributed by atoms with van der Waals surface area (Å²) in [6.07, 6.45) is 0. The summed E-state index contributed by atoms with van der Waals surface area (Å²) < 4.78 is 16.1. The predicted octanol–water partition coefficient (Wildman–Crippen LogP) is 6.04. The van der Waals surface area contributed by atoms with Crippen LogP contribution in [0.15, 0.2) is 97.1 Å². The topological polar surface area (TPSA) is 160 Å². The average molecular weight is 636 g/mol. The number of amides is 2. The number of rotatable bonds is 13. The van der Waals surface area contributed by atoms with Gasteiger partial charge < -0.3 is 34.9 Å². The Hall–Kier alpha value is -6.37. The molecule has 0 saturated heterocycles. The van der Waals surface area contributed by atoms with Crippen LogP contribution in [-0.2, 0) is 11.3 Å². The van der Waals surface area contributed by atoms with Crippen LogP contribution < -0.4 is 35.1 Å². The van der Waals surface area contributed by atoms with Crippen molar-refractivity contribution in [1.82, 2.24) is 15.0 Å². The molecule has 1 heterocycles. The Labute approximate surface area is 271 Å². The first-order valence-corrected chi connectivity index (χ1v) is 14.4. The van der Waals surface area contributed by atoms with E-state index in [-0.39, 0.29) is 24.4 Å². The van der Waals surface area contributed by atoms with Crippen LogP contribution in [0, 0.1) is 0 Å². The Morgan fingerprint density at radius 2 is 1.36 bits per heavy atom. The van der Waals surface area contributed by atoms with Gasteiger partial charge in [0.15, 0.2) is 11.5 Å². The third-order valence-corrected chi connectivity index (χ3v) is 6.89. The normalized spacial score (nSPS) is 10.4. The van der Waals surface area contributed by atoms with Gasteiger partial charge in [0.05, 0.1) is 27.0 Å². The van der Waals surface area contributed by atoms with Crippen LogP contribution >= 0.6 is 0 Å². The summed E-state index contributed by atoms with van der Waals surface area (Å²) in [5.41, 5.74) is 3.66. The summed E-state index contributed by atoms with van der Waals surface area (Å²) in [7, 11) is 4.54. The summed E-state index contributed by atoms with van der Waals surface area (Å²) in [4.78, 5) is 40.1. The second-order valence-corrected chi connectivity index (χ2v) is 10.0. The molecule has 5 aromatic rings. The number of hydrogen-bond acceptors (Lipinski definition) is 10. The molecule has 0 unspecified atom stereocenters. The number of benzene rings is 4. The van der Waals surface area contributed by atoms with Crippen LogP contribution in [0.5, 0.6) is 17.2 Å². The zero-order valence-corrected chi connectivity index (χ0v) is 25.9. The zero-order chi connectivity index (χ0) is 33.2. The van der Waals surface area contributed by atoms with E-state index >= 15 is 0 Å². The number of nitrogens with one attached hydrogen (secondary N) is 3. The van der Waals surface area contributed by atoms with Crippen LogP contribution in [0.25, 0.3) is 11.1 Å². The lowest BCUT2D eigenvalue weighted by Crippen LogP contribution is -2.31. The Morgan fingerprint density at radius 1 is 0.702 bits per heavy atom. The van der Waals surface area contributed by atoms with Gasteiger partial charge in [-0.3, -0.25) is 10.1 Å². The molecule has 0 bridgehead atoms. The van der Waals surface area contributed by atoms with Gasteiger partial charge >= 0.3 is 12.0 Å². The number of carboxylic acids is 1. The minimum atomic E-state index is -1.11. The molecule has 13 nitrogen and oxygen atoms in total. The number of para-hydroxylation sites is 3. The highest BCUT2D eigenvalue weighted by Gasteiger charge is 2.20. The lowest BCUT2D eigenvalue weighted by atomic mass is 10.0. The maximum atomic E-state index is 13.1. The number of urea groups is 1. The molecule has 0 fully saturated rings. The first-order chi connectivity index (χ1) is 22.9. The molecule has 47 heavy (non-hydrogen) atoms. The average Bonchev–Trinajstić information content (AvgIpc) is 3.08. The smallest absolute Gasteiger partial charge is 0.326 e. The summed E-state index contributed by atoms with van der Waals surface area (Å²) in [5, 5.41) is 18.4. The van der Waals surface area contributed by atoms with E-state index in [0.717, 1.165) is 11.1 Å². The van der Waals surface area contributed by atoms with Gasteiger partial charge in [0.25, 0.3) is 0 Å². The Kier molecular flexibility index (Phi) is 10.3. The Morgan fingerprint density at radius 3 is 2.09 bits per heavy atom. The molecule has 13 heteroatoms. The van der Waals surface area contributed by atoms with Crippen molar-refractivity contribution in [2.45, 2.75) is 6.54 Å². The molecular weight excluding hydrogens is 602 g/mol. The van der Waals surface area contributed by atoms with Gasteiger partial charge in [-0.05, 0) is 41.5 Å². The number of hydrogen-bond donors (Lipinski definition) is 4. The van der Waals surface area contributed by atoms with Gasteiger partial charge in [0.2, 0.25) is 17.8 Å². The van der Waals surface area contributed by atoms with Gasteiger partial charge in [-0.15, -0.1) is 0 Å². The summed E-state index contributed by atoms with van der Waals surface area (Å²) in [6.45, 7) is -0.366. The summed E-state index contributed by atoms with van der Waals surface area (Å²) in [5.74, 6) is 0.311. The van der Waals surface area contributed by atoms with Crippen LogP contribution in [0.3, 0.4) is 0 Å². The molecule has 4 N–H and O–H groups in total. The predicted molar refractivity (Wildman–Crippen MR) is 179 cm³/mol. The maximum Gasteiger partial charge on any atom is 0.326 e. The number of anilines is 5. The molecule has 240 valence electrons. The molecule has 0 spiro atoms. The number of ether oxygens (including phenoxy) is 3. The van der Waals surface area contributed by atoms with Gasteiger partial charge in [-0.25, -0.2) is 4.79 Å². The first kappa shape index (κ1) is 32.0. The molecule has 1 aromatic heterocycles. The highest BCUT2D eigenvalue weighted by Crippen LogP contribution is 2.31. The van der Waals surface area contributed by atoms with Gasteiger partial charge in [0, 0.05) is 17.8 Å². The minimum Gasteiger partial charge on any atom is -0.495 e. The molecule has 0 atom stereocenters. The molecule has 0 saturated carbocycles. The van der Waals surface area contributed by atoms with E-state index in [9.17, 15) is 14.7 Å². The highest BCUT2D eigenvalue weighted by atomic mass is 16.5. The van der Waals surface area contributed by atoms with Crippen molar-refractivity contribution >= 4 is 41.2 Å². The van der Waals surface area contributed by atoms with E-state index in [1.54, 1.807) is 42.5 Å². The molecule has 0 aliphatic carbocycles. The van der Waals surface area contributed by atoms with E-state index in [4.69, 9.17) is 14.2 Å². The fraction of sp³-hybridized carbons (Fsp3) is 0.147. The van der Waals surface area contributed by atoms with Crippen LogP contribution in [-0.4, -0.2) is 59.9 Å². The fourth-order valence-corrected chi connectivity index (χ4v) is 4.76. The first-order valence-electron chi connectivity index (χ1n) is 14.4. The van der Waals surface area contributed by atoms with E-state index in [0.29, 0.717) is 34.2 Å².